The number of carbonyl (C=O) groups is 1. The summed E-state index contributed by atoms with van der Waals surface area (Å²) in [6.45, 7) is 5.24. The highest BCUT2D eigenvalue weighted by Gasteiger charge is 2.26. The summed E-state index contributed by atoms with van der Waals surface area (Å²) in [5.41, 5.74) is 0.690. The smallest absolute Gasteiger partial charge is 0.322 e. The van der Waals surface area contributed by atoms with Crippen molar-refractivity contribution in [2.24, 2.45) is 5.92 Å². The highest BCUT2D eigenvalue weighted by molar-refractivity contribution is 9.10. The molecule has 1 aromatic carbocycles. The van der Waals surface area contributed by atoms with E-state index in [-0.39, 0.29) is 6.03 Å². The Labute approximate surface area is 159 Å². The zero-order valence-electron chi connectivity index (χ0n) is 15.6. The van der Waals surface area contributed by atoms with Crippen molar-refractivity contribution in [1.82, 2.24) is 4.90 Å². The number of anilines is 1. The fourth-order valence-electron chi connectivity index (χ4n) is 3.37. The van der Waals surface area contributed by atoms with Gasteiger partial charge in [0, 0.05) is 29.2 Å². The second-order valence-electron chi connectivity index (χ2n) is 6.94. The lowest BCUT2D eigenvalue weighted by Crippen LogP contribution is -2.43. The van der Waals surface area contributed by atoms with Gasteiger partial charge in [-0.1, -0.05) is 26.7 Å². The quantitative estimate of drug-likeness (QED) is 0.714. The molecular weight excluding hydrogens is 384 g/mol. The van der Waals surface area contributed by atoms with Crippen LogP contribution in [0.4, 0.5) is 10.5 Å². The number of amides is 2. The van der Waals surface area contributed by atoms with E-state index in [1.807, 2.05) is 11.0 Å². The lowest BCUT2D eigenvalue weighted by atomic mass is 9.99. The SMILES string of the molecule is COc1cc(Br)c(NC(=O)N2CCCCCC2CC(C)C)cc1OC. The number of halogens is 1. The second-order valence-corrected chi connectivity index (χ2v) is 7.80. The number of rotatable bonds is 5. The number of methoxy groups -OCH3 is 2. The van der Waals surface area contributed by atoms with Crippen LogP contribution in [0, 0.1) is 5.92 Å². The summed E-state index contributed by atoms with van der Waals surface area (Å²) >= 11 is 3.51. The van der Waals surface area contributed by atoms with Crippen LogP contribution >= 0.6 is 15.9 Å². The van der Waals surface area contributed by atoms with Crippen molar-refractivity contribution in [1.29, 1.82) is 0 Å². The highest BCUT2D eigenvalue weighted by Crippen LogP contribution is 2.36. The molecule has 0 aliphatic carbocycles. The van der Waals surface area contributed by atoms with Gasteiger partial charge in [0.05, 0.1) is 19.9 Å². The Morgan fingerprint density at radius 1 is 1.24 bits per heavy atom. The summed E-state index contributed by atoms with van der Waals surface area (Å²) in [4.78, 5) is 15.0. The Kier molecular flexibility index (Phi) is 7.41. The van der Waals surface area contributed by atoms with Crippen LogP contribution in [-0.4, -0.2) is 37.7 Å². The molecular formula is C19H29BrN2O3. The van der Waals surface area contributed by atoms with Gasteiger partial charge in [0.25, 0.3) is 0 Å². The number of ether oxygens (including phenoxy) is 2. The van der Waals surface area contributed by atoms with E-state index in [4.69, 9.17) is 9.47 Å². The molecule has 25 heavy (non-hydrogen) atoms. The molecule has 2 rings (SSSR count). The molecule has 1 atom stereocenters. The average molecular weight is 413 g/mol. The van der Waals surface area contributed by atoms with Gasteiger partial charge in [-0.25, -0.2) is 4.79 Å². The molecule has 1 aliphatic heterocycles. The first-order valence-corrected chi connectivity index (χ1v) is 9.74. The summed E-state index contributed by atoms with van der Waals surface area (Å²) in [5, 5.41) is 3.04. The number of hydrogen-bond acceptors (Lipinski definition) is 3. The van der Waals surface area contributed by atoms with Crippen LogP contribution < -0.4 is 14.8 Å². The molecule has 6 heteroatoms. The molecule has 1 saturated heterocycles. The predicted molar refractivity (Wildman–Crippen MR) is 105 cm³/mol. The van der Waals surface area contributed by atoms with E-state index in [1.54, 1.807) is 20.3 Å². The van der Waals surface area contributed by atoms with Gasteiger partial charge < -0.3 is 19.7 Å². The molecule has 0 spiro atoms. The normalized spacial score (nSPS) is 18.0. The zero-order valence-corrected chi connectivity index (χ0v) is 17.2. The van der Waals surface area contributed by atoms with Gasteiger partial charge in [-0.2, -0.15) is 0 Å². The third-order valence-electron chi connectivity index (χ3n) is 4.60. The molecule has 2 amide bonds. The van der Waals surface area contributed by atoms with Crippen LogP contribution in [-0.2, 0) is 0 Å². The maximum atomic E-state index is 12.9. The maximum Gasteiger partial charge on any atom is 0.322 e. The molecule has 1 N–H and O–H groups in total. The van der Waals surface area contributed by atoms with Crippen molar-refractivity contribution < 1.29 is 14.3 Å². The first-order chi connectivity index (χ1) is 12.0. The number of carbonyl (C=O) groups excluding carboxylic acids is 1. The number of benzene rings is 1. The number of hydrogen-bond donors (Lipinski definition) is 1. The monoisotopic (exact) mass is 412 g/mol. The van der Waals surface area contributed by atoms with Crippen LogP contribution in [0.1, 0.15) is 46.0 Å². The Morgan fingerprint density at radius 2 is 1.92 bits per heavy atom. The topological polar surface area (TPSA) is 50.8 Å². The van der Waals surface area contributed by atoms with Crippen molar-refractivity contribution in [2.45, 2.75) is 52.0 Å². The summed E-state index contributed by atoms with van der Waals surface area (Å²) in [6, 6.07) is 3.86. The Balaban J connectivity index is 2.18. The van der Waals surface area contributed by atoms with E-state index in [0.717, 1.165) is 30.3 Å². The van der Waals surface area contributed by atoms with Crippen LogP contribution in [0.5, 0.6) is 11.5 Å². The average Bonchev–Trinajstić information content (AvgIpc) is 2.81. The summed E-state index contributed by atoms with van der Waals surface area (Å²) < 4.78 is 11.4. The number of nitrogens with one attached hydrogen (secondary N) is 1. The molecule has 0 aromatic heterocycles. The van der Waals surface area contributed by atoms with Crippen LogP contribution in [0.2, 0.25) is 0 Å². The molecule has 1 unspecified atom stereocenters. The van der Waals surface area contributed by atoms with Gasteiger partial charge in [-0.05, 0) is 41.1 Å². The van der Waals surface area contributed by atoms with Crippen molar-refractivity contribution in [3.63, 3.8) is 0 Å². The van der Waals surface area contributed by atoms with Crippen molar-refractivity contribution in [3.05, 3.63) is 16.6 Å². The summed E-state index contributed by atoms with van der Waals surface area (Å²) in [6.07, 6.45) is 5.58. The zero-order chi connectivity index (χ0) is 18.4. The maximum absolute atomic E-state index is 12.9. The van der Waals surface area contributed by atoms with Crippen molar-refractivity contribution >= 4 is 27.6 Å². The number of likely N-dealkylation sites (tertiary alicyclic amines) is 1. The van der Waals surface area contributed by atoms with Gasteiger partial charge in [0.15, 0.2) is 11.5 Å². The first-order valence-electron chi connectivity index (χ1n) is 8.95. The molecule has 1 heterocycles. The number of nitrogens with zero attached hydrogens (tertiary/aromatic N) is 1. The lowest BCUT2D eigenvalue weighted by Gasteiger charge is -2.31. The minimum atomic E-state index is -0.0412. The van der Waals surface area contributed by atoms with Gasteiger partial charge >= 0.3 is 6.03 Å². The lowest BCUT2D eigenvalue weighted by molar-refractivity contribution is 0.178. The van der Waals surface area contributed by atoms with E-state index in [0.29, 0.717) is 29.1 Å². The summed E-state index contributed by atoms with van der Waals surface area (Å²) in [5.74, 6) is 1.79. The second kappa shape index (κ2) is 9.32. The molecule has 140 valence electrons. The molecule has 5 nitrogen and oxygen atoms in total. The van der Waals surface area contributed by atoms with Gasteiger partial charge in [0.1, 0.15) is 0 Å². The van der Waals surface area contributed by atoms with Crippen LogP contribution in [0.3, 0.4) is 0 Å². The van der Waals surface area contributed by atoms with E-state index in [1.165, 1.54) is 12.8 Å². The largest absolute Gasteiger partial charge is 0.493 e. The van der Waals surface area contributed by atoms with Gasteiger partial charge in [-0.15, -0.1) is 0 Å². The molecule has 1 aliphatic rings. The van der Waals surface area contributed by atoms with Gasteiger partial charge in [0.2, 0.25) is 0 Å². The van der Waals surface area contributed by atoms with Crippen molar-refractivity contribution in [3.8, 4) is 11.5 Å². The highest BCUT2D eigenvalue weighted by atomic mass is 79.9. The minimum absolute atomic E-state index is 0.0412. The van der Waals surface area contributed by atoms with Crippen molar-refractivity contribution in [2.75, 3.05) is 26.1 Å². The van der Waals surface area contributed by atoms with E-state index in [9.17, 15) is 4.79 Å². The molecule has 1 fully saturated rings. The number of urea groups is 1. The predicted octanol–water partition coefficient (Wildman–Crippen LogP) is 5.29. The standard InChI is InChI=1S/C19H29BrN2O3/c1-13(2)10-14-8-6-5-7-9-22(14)19(23)21-16-12-18(25-4)17(24-3)11-15(16)20/h11-14H,5-10H2,1-4H3,(H,21,23). The van der Waals surface area contributed by atoms with Crippen LogP contribution in [0.15, 0.2) is 16.6 Å². The van der Waals surface area contributed by atoms with E-state index in [2.05, 4.69) is 35.1 Å². The third-order valence-corrected chi connectivity index (χ3v) is 5.25. The van der Waals surface area contributed by atoms with E-state index < -0.39 is 0 Å². The molecule has 1 aromatic rings. The van der Waals surface area contributed by atoms with Crippen LogP contribution in [0.25, 0.3) is 0 Å². The summed E-state index contributed by atoms with van der Waals surface area (Å²) in [7, 11) is 3.18. The molecule has 0 bridgehead atoms. The first kappa shape index (κ1) is 19.9. The van der Waals surface area contributed by atoms with E-state index >= 15 is 0 Å². The Hall–Kier alpha value is -1.43. The minimum Gasteiger partial charge on any atom is -0.493 e. The van der Waals surface area contributed by atoms with Gasteiger partial charge in [-0.3, -0.25) is 0 Å². The molecule has 0 radical (unpaired) electrons. The third kappa shape index (κ3) is 5.27. The Bertz CT molecular complexity index is 592. The fraction of sp³-hybridized carbons (Fsp3) is 0.632. The molecule has 0 saturated carbocycles. The fourth-order valence-corrected chi connectivity index (χ4v) is 3.79. The Morgan fingerprint density at radius 3 is 2.56 bits per heavy atom.